The van der Waals surface area contributed by atoms with Gasteiger partial charge in [0.15, 0.2) is 11.5 Å². The molecule has 1 amide bonds. The van der Waals surface area contributed by atoms with Crippen molar-refractivity contribution in [3.05, 3.63) is 53.3 Å². The molecule has 3 rings (SSSR count). The van der Waals surface area contributed by atoms with Crippen molar-refractivity contribution >= 4 is 17.5 Å². The number of hydrogen-bond acceptors (Lipinski definition) is 4. The van der Waals surface area contributed by atoms with Crippen LogP contribution < -0.4 is 9.47 Å². The Morgan fingerprint density at radius 3 is 2.96 bits per heavy atom. The average molecular weight is 334 g/mol. The molecule has 1 aromatic carbocycles. The van der Waals surface area contributed by atoms with Crippen LogP contribution in [0.4, 0.5) is 0 Å². The maximum absolute atomic E-state index is 12.2. The Bertz CT molecular complexity index is 757. The van der Waals surface area contributed by atoms with Gasteiger partial charge >= 0.3 is 0 Å². The number of amides is 1. The van der Waals surface area contributed by atoms with Gasteiger partial charge in [0.05, 0.1) is 18.8 Å². The van der Waals surface area contributed by atoms with E-state index in [9.17, 15) is 4.79 Å². The molecule has 0 saturated carbocycles. The van der Waals surface area contributed by atoms with Gasteiger partial charge in [0, 0.05) is 23.8 Å². The number of nitrogens with zero attached hydrogens (tertiary/aromatic N) is 3. The van der Waals surface area contributed by atoms with Gasteiger partial charge in [-0.3, -0.25) is 9.48 Å². The number of aromatic nitrogens is 2. The Labute approximate surface area is 138 Å². The highest BCUT2D eigenvalue weighted by molar-refractivity contribution is 6.31. The van der Waals surface area contributed by atoms with E-state index in [1.807, 2.05) is 19.3 Å². The Morgan fingerprint density at radius 2 is 2.26 bits per heavy atom. The second kappa shape index (κ2) is 6.34. The van der Waals surface area contributed by atoms with Crippen LogP contribution in [0, 0.1) is 0 Å². The van der Waals surface area contributed by atoms with Crippen molar-refractivity contribution in [2.45, 2.75) is 13.1 Å². The fourth-order valence-electron chi connectivity index (χ4n) is 2.43. The molecule has 2 aromatic rings. The molecule has 1 aliphatic rings. The number of rotatable bonds is 5. The molecule has 0 N–H and O–H groups in total. The molecule has 0 aliphatic carbocycles. The van der Waals surface area contributed by atoms with E-state index < -0.39 is 0 Å². The average Bonchev–Trinajstić information content (AvgIpc) is 3.17. The molecule has 6 nitrogen and oxygen atoms in total. The van der Waals surface area contributed by atoms with Gasteiger partial charge in [-0.1, -0.05) is 18.2 Å². The van der Waals surface area contributed by atoms with Crippen molar-refractivity contribution in [3.8, 4) is 11.5 Å². The normalized spacial score (nSPS) is 12.3. The van der Waals surface area contributed by atoms with Gasteiger partial charge in [-0.15, -0.1) is 0 Å². The molecule has 0 bridgehead atoms. The lowest BCUT2D eigenvalue weighted by Crippen LogP contribution is -2.29. The predicted molar refractivity (Wildman–Crippen MR) is 85.2 cm³/mol. The largest absolute Gasteiger partial charge is 0.454 e. The van der Waals surface area contributed by atoms with Gasteiger partial charge in [-0.25, -0.2) is 0 Å². The first-order valence-corrected chi connectivity index (χ1v) is 7.43. The molecule has 1 aliphatic heterocycles. The van der Waals surface area contributed by atoms with E-state index in [2.05, 4.69) is 11.7 Å². The summed E-state index contributed by atoms with van der Waals surface area (Å²) in [6.45, 7) is 4.35. The monoisotopic (exact) mass is 333 g/mol. The number of halogens is 1. The molecule has 0 spiro atoms. The first-order valence-electron chi connectivity index (χ1n) is 7.05. The summed E-state index contributed by atoms with van der Waals surface area (Å²) in [6.07, 6.45) is 3.10. The first-order chi connectivity index (χ1) is 11.1. The fraction of sp³-hybridized carbons (Fsp3) is 0.250. The molecule has 2 heterocycles. The third kappa shape index (κ3) is 3.17. The van der Waals surface area contributed by atoms with Gasteiger partial charge in [0.25, 0.3) is 0 Å². The van der Waals surface area contributed by atoms with Crippen molar-refractivity contribution < 1.29 is 14.3 Å². The van der Waals surface area contributed by atoms with E-state index in [4.69, 9.17) is 21.1 Å². The number of benzene rings is 1. The standard InChI is InChI=1S/C16H16ClN3O3/c1-3-15(21)20(8-11-6-7-19(2)18-11)9-12-13(17)4-5-14-16(12)23-10-22-14/h3-7H,1,8-10H2,2H3. The van der Waals surface area contributed by atoms with Crippen molar-refractivity contribution in [3.63, 3.8) is 0 Å². The van der Waals surface area contributed by atoms with Crippen molar-refractivity contribution in [1.29, 1.82) is 0 Å². The second-order valence-electron chi connectivity index (χ2n) is 5.14. The molecule has 23 heavy (non-hydrogen) atoms. The summed E-state index contributed by atoms with van der Waals surface area (Å²) in [7, 11) is 1.83. The number of hydrogen-bond donors (Lipinski definition) is 0. The Kier molecular flexibility index (Phi) is 4.25. The summed E-state index contributed by atoms with van der Waals surface area (Å²) in [5.41, 5.74) is 1.50. The van der Waals surface area contributed by atoms with Crippen molar-refractivity contribution in [1.82, 2.24) is 14.7 Å². The van der Waals surface area contributed by atoms with Crippen LogP contribution >= 0.6 is 11.6 Å². The van der Waals surface area contributed by atoms with Crippen LogP contribution in [0.15, 0.2) is 37.1 Å². The van der Waals surface area contributed by atoms with Crippen LogP contribution in [0.1, 0.15) is 11.3 Å². The van der Waals surface area contributed by atoms with Crippen LogP contribution in [0.3, 0.4) is 0 Å². The van der Waals surface area contributed by atoms with Gasteiger partial charge in [-0.05, 0) is 24.3 Å². The highest BCUT2D eigenvalue weighted by Gasteiger charge is 2.23. The maximum Gasteiger partial charge on any atom is 0.246 e. The topological polar surface area (TPSA) is 56.6 Å². The molecule has 0 unspecified atom stereocenters. The maximum atomic E-state index is 12.2. The van der Waals surface area contributed by atoms with E-state index in [0.717, 1.165) is 5.69 Å². The molecule has 0 radical (unpaired) electrons. The van der Waals surface area contributed by atoms with Gasteiger partial charge in [0.1, 0.15) is 0 Å². The number of aryl methyl sites for hydroxylation is 1. The quantitative estimate of drug-likeness (QED) is 0.789. The zero-order valence-electron chi connectivity index (χ0n) is 12.7. The SMILES string of the molecule is C=CC(=O)N(Cc1ccn(C)n1)Cc1c(Cl)ccc2c1OCO2. The van der Waals surface area contributed by atoms with E-state index in [0.29, 0.717) is 28.6 Å². The molecule has 7 heteroatoms. The summed E-state index contributed by atoms with van der Waals surface area (Å²) in [6, 6.07) is 5.36. The molecule has 0 saturated heterocycles. The zero-order chi connectivity index (χ0) is 16.4. The van der Waals surface area contributed by atoms with Crippen LogP contribution in [0.25, 0.3) is 0 Å². The molecule has 120 valence electrons. The van der Waals surface area contributed by atoms with Crippen LogP contribution in [0.2, 0.25) is 5.02 Å². The number of carbonyl (C=O) groups excluding carboxylic acids is 1. The zero-order valence-corrected chi connectivity index (χ0v) is 13.4. The number of fused-ring (bicyclic) bond motifs is 1. The summed E-state index contributed by atoms with van der Waals surface area (Å²) in [5, 5.41) is 4.83. The summed E-state index contributed by atoms with van der Waals surface area (Å²) in [5.74, 6) is 1.01. The summed E-state index contributed by atoms with van der Waals surface area (Å²) in [4.78, 5) is 13.8. The van der Waals surface area contributed by atoms with E-state index in [1.165, 1.54) is 6.08 Å². The molecule has 0 atom stereocenters. The molecular weight excluding hydrogens is 318 g/mol. The fourth-order valence-corrected chi connectivity index (χ4v) is 2.64. The second-order valence-corrected chi connectivity index (χ2v) is 5.55. The Balaban J connectivity index is 1.89. The van der Waals surface area contributed by atoms with Gasteiger partial charge in [0.2, 0.25) is 12.7 Å². The lowest BCUT2D eigenvalue weighted by molar-refractivity contribution is -0.127. The van der Waals surface area contributed by atoms with E-state index in [-0.39, 0.29) is 19.2 Å². The van der Waals surface area contributed by atoms with E-state index >= 15 is 0 Å². The third-order valence-electron chi connectivity index (χ3n) is 3.54. The predicted octanol–water partition coefficient (Wildman–Crippen LogP) is 2.52. The van der Waals surface area contributed by atoms with Gasteiger partial charge < -0.3 is 14.4 Å². The highest BCUT2D eigenvalue weighted by atomic mass is 35.5. The van der Waals surface area contributed by atoms with Crippen LogP contribution in [0.5, 0.6) is 11.5 Å². The molecule has 1 aromatic heterocycles. The molecular formula is C16H16ClN3O3. The minimum absolute atomic E-state index is 0.151. The van der Waals surface area contributed by atoms with E-state index in [1.54, 1.807) is 21.7 Å². The lowest BCUT2D eigenvalue weighted by atomic mass is 10.1. The Morgan fingerprint density at radius 1 is 1.43 bits per heavy atom. The van der Waals surface area contributed by atoms with Crippen LogP contribution in [-0.4, -0.2) is 27.4 Å². The van der Waals surface area contributed by atoms with Crippen molar-refractivity contribution in [2.24, 2.45) is 7.05 Å². The molecule has 0 fully saturated rings. The number of ether oxygens (including phenoxy) is 2. The minimum Gasteiger partial charge on any atom is -0.454 e. The first kappa shape index (κ1) is 15.4. The summed E-state index contributed by atoms with van der Waals surface area (Å²) >= 11 is 6.29. The Hall–Kier alpha value is -2.47. The lowest BCUT2D eigenvalue weighted by Gasteiger charge is -2.21. The smallest absolute Gasteiger partial charge is 0.246 e. The number of carbonyl (C=O) groups is 1. The highest BCUT2D eigenvalue weighted by Crippen LogP contribution is 2.40. The van der Waals surface area contributed by atoms with Gasteiger partial charge in [-0.2, -0.15) is 5.10 Å². The van der Waals surface area contributed by atoms with Crippen LogP contribution in [-0.2, 0) is 24.9 Å². The minimum atomic E-state index is -0.205. The third-order valence-corrected chi connectivity index (χ3v) is 3.90. The summed E-state index contributed by atoms with van der Waals surface area (Å²) < 4.78 is 12.5. The van der Waals surface area contributed by atoms with Crippen molar-refractivity contribution in [2.75, 3.05) is 6.79 Å².